The van der Waals surface area contributed by atoms with Gasteiger partial charge in [0.05, 0.1) is 11.3 Å². The van der Waals surface area contributed by atoms with Crippen molar-refractivity contribution in [2.75, 3.05) is 10.0 Å². The van der Waals surface area contributed by atoms with E-state index in [1.54, 1.807) is 42.5 Å². The summed E-state index contributed by atoms with van der Waals surface area (Å²) in [5.74, 6) is -0.888. The van der Waals surface area contributed by atoms with Crippen LogP contribution in [0.4, 0.5) is 11.4 Å². The molecule has 8 heteroatoms. The van der Waals surface area contributed by atoms with Gasteiger partial charge in [-0.15, -0.1) is 0 Å². The van der Waals surface area contributed by atoms with Crippen LogP contribution in [0.1, 0.15) is 41.3 Å². The molecule has 0 saturated carbocycles. The van der Waals surface area contributed by atoms with Crippen molar-refractivity contribution in [2.45, 2.75) is 37.5 Å². The van der Waals surface area contributed by atoms with Gasteiger partial charge in [0.1, 0.15) is 0 Å². The minimum absolute atomic E-state index is 0.0120. The van der Waals surface area contributed by atoms with Crippen LogP contribution in [0, 0.1) is 0 Å². The van der Waals surface area contributed by atoms with Crippen molar-refractivity contribution in [2.24, 2.45) is 5.73 Å². The molecule has 0 aliphatic rings. The molecule has 4 N–H and O–H groups in total. The first-order valence-corrected chi connectivity index (χ1v) is 12.2. The Kier molecular flexibility index (Phi) is 7.84. The number of nitrogens with one attached hydrogen (secondary N) is 2. The molecule has 0 saturated heterocycles. The van der Waals surface area contributed by atoms with Gasteiger partial charge in [0.2, 0.25) is 5.91 Å². The molecule has 0 bridgehead atoms. The SMILES string of the molecule is CCCCc1ccc(NS(=O)(=O)c2cccc(C(=O)Nc3ccc(CC(N)=O)cc3)c2)cc1. The number of aryl methyl sites for hydroxylation is 1. The van der Waals surface area contributed by atoms with Gasteiger partial charge in [-0.2, -0.15) is 0 Å². The standard InChI is InChI=1S/C25H27N3O4S/c1-2-3-5-18-8-14-22(15-9-18)28-33(31,32)23-7-4-6-20(17-23)25(30)27-21-12-10-19(11-13-21)16-24(26)29/h4,6-15,17,28H,2-3,5,16H2,1H3,(H2,26,29)(H,27,30). The van der Waals surface area contributed by atoms with Gasteiger partial charge < -0.3 is 11.1 Å². The minimum Gasteiger partial charge on any atom is -0.369 e. The summed E-state index contributed by atoms with van der Waals surface area (Å²) < 4.78 is 28.2. The van der Waals surface area contributed by atoms with Crippen LogP contribution >= 0.6 is 0 Å². The molecule has 3 aromatic carbocycles. The molecule has 0 aliphatic heterocycles. The number of carbonyl (C=O) groups excluding carboxylic acids is 2. The van der Waals surface area contributed by atoms with Gasteiger partial charge in [-0.05, 0) is 66.4 Å². The van der Waals surface area contributed by atoms with E-state index in [0.717, 1.165) is 30.4 Å². The molecule has 0 aliphatic carbocycles. The van der Waals surface area contributed by atoms with Gasteiger partial charge in [-0.3, -0.25) is 14.3 Å². The number of nitrogens with two attached hydrogens (primary N) is 1. The third-order valence-corrected chi connectivity index (χ3v) is 6.40. The lowest BCUT2D eigenvalue weighted by Gasteiger charge is -2.11. The fourth-order valence-electron chi connectivity index (χ4n) is 3.25. The Bertz CT molecular complexity index is 1220. The van der Waals surface area contributed by atoms with Crippen LogP contribution in [-0.4, -0.2) is 20.2 Å². The molecule has 0 spiro atoms. The Hall–Kier alpha value is -3.65. The first kappa shape index (κ1) is 24.0. The number of anilines is 2. The Morgan fingerprint density at radius 3 is 2.15 bits per heavy atom. The maximum atomic E-state index is 12.8. The number of carbonyl (C=O) groups is 2. The normalized spacial score (nSPS) is 11.1. The number of sulfonamides is 1. The average Bonchev–Trinajstić information content (AvgIpc) is 2.79. The van der Waals surface area contributed by atoms with Crippen molar-refractivity contribution < 1.29 is 18.0 Å². The van der Waals surface area contributed by atoms with Gasteiger partial charge in [-0.25, -0.2) is 8.42 Å². The molecule has 3 aromatic rings. The molecule has 172 valence electrons. The molecule has 0 aromatic heterocycles. The maximum absolute atomic E-state index is 12.8. The number of benzene rings is 3. The zero-order valence-corrected chi connectivity index (χ0v) is 19.2. The van der Waals surface area contributed by atoms with E-state index in [-0.39, 0.29) is 16.9 Å². The third kappa shape index (κ3) is 6.92. The van der Waals surface area contributed by atoms with Crippen molar-refractivity contribution in [3.63, 3.8) is 0 Å². The van der Waals surface area contributed by atoms with E-state index in [1.807, 2.05) is 12.1 Å². The molecule has 2 amide bonds. The predicted molar refractivity (Wildman–Crippen MR) is 130 cm³/mol. The first-order valence-electron chi connectivity index (χ1n) is 10.7. The number of rotatable bonds is 10. The van der Waals surface area contributed by atoms with Crippen molar-refractivity contribution in [3.05, 3.63) is 89.5 Å². The fourth-order valence-corrected chi connectivity index (χ4v) is 4.35. The average molecular weight is 466 g/mol. The monoisotopic (exact) mass is 465 g/mol. The Morgan fingerprint density at radius 2 is 1.52 bits per heavy atom. The Balaban J connectivity index is 1.69. The molecular weight excluding hydrogens is 438 g/mol. The molecule has 7 nitrogen and oxygen atoms in total. The third-order valence-electron chi connectivity index (χ3n) is 5.02. The summed E-state index contributed by atoms with van der Waals surface area (Å²) >= 11 is 0. The van der Waals surface area contributed by atoms with E-state index in [4.69, 9.17) is 5.73 Å². The second-order valence-corrected chi connectivity index (χ2v) is 9.41. The summed E-state index contributed by atoms with van der Waals surface area (Å²) in [6, 6.07) is 19.8. The van der Waals surface area contributed by atoms with Crippen molar-refractivity contribution in [1.29, 1.82) is 0 Å². The lowest BCUT2D eigenvalue weighted by molar-refractivity contribution is -0.117. The van der Waals surface area contributed by atoms with Crippen molar-refractivity contribution in [1.82, 2.24) is 0 Å². The van der Waals surface area contributed by atoms with Gasteiger partial charge in [0.15, 0.2) is 0 Å². The number of unbranched alkanes of at least 4 members (excludes halogenated alkanes) is 1. The number of primary amides is 1. The van der Waals surface area contributed by atoms with Crippen LogP contribution in [0.25, 0.3) is 0 Å². The summed E-state index contributed by atoms with van der Waals surface area (Å²) in [6.07, 6.45) is 3.24. The summed E-state index contributed by atoms with van der Waals surface area (Å²) in [7, 11) is -3.86. The highest BCUT2D eigenvalue weighted by Crippen LogP contribution is 2.19. The first-order chi connectivity index (χ1) is 15.8. The lowest BCUT2D eigenvalue weighted by atomic mass is 10.1. The minimum atomic E-state index is -3.86. The highest BCUT2D eigenvalue weighted by molar-refractivity contribution is 7.92. The van der Waals surface area contributed by atoms with Crippen LogP contribution < -0.4 is 15.8 Å². The molecule has 0 radical (unpaired) electrons. The predicted octanol–water partition coefficient (Wildman–Crippen LogP) is 4.11. The molecule has 33 heavy (non-hydrogen) atoms. The van der Waals surface area contributed by atoms with Crippen LogP contribution in [0.5, 0.6) is 0 Å². The quantitative estimate of drug-likeness (QED) is 0.417. The smallest absolute Gasteiger partial charge is 0.261 e. The van der Waals surface area contributed by atoms with Crippen LogP contribution in [0.2, 0.25) is 0 Å². The van der Waals surface area contributed by atoms with Crippen LogP contribution in [0.3, 0.4) is 0 Å². The number of amides is 2. The zero-order valence-electron chi connectivity index (χ0n) is 18.4. The molecule has 0 heterocycles. The maximum Gasteiger partial charge on any atom is 0.261 e. The largest absolute Gasteiger partial charge is 0.369 e. The van der Waals surface area contributed by atoms with E-state index in [9.17, 15) is 18.0 Å². The van der Waals surface area contributed by atoms with E-state index >= 15 is 0 Å². The van der Waals surface area contributed by atoms with Crippen molar-refractivity contribution >= 4 is 33.2 Å². The molecule has 3 rings (SSSR count). The summed E-state index contributed by atoms with van der Waals surface area (Å²) in [4.78, 5) is 23.6. The van der Waals surface area contributed by atoms with Gasteiger partial charge >= 0.3 is 0 Å². The summed E-state index contributed by atoms with van der Waals surface area (Å²) in [6.45, 7) is 2.12. The van der Waals surface area contributed by atoms with E-state index in [1.165, 1.54) is 18.2 Å². The van der Waals surface area contributed by atoms with Crippen LogP contribution in [0.15, 0.2) is 77.7 Å². The lowest BCUT2D eigenvalue weighted by Crippen LogP contribution is -2.16. The topological polar surface area (TPSA) is 118 Å². The molecule has 0 atom stereocenters. The molecule has 0 unspecified atom stereocenters. The highest BCUT2D eigenvalue weighted by atomic mass is 32.2. The second kappa shape index (κ2) is 10.8. The van der Waals surface area contributed by atoms with Crippen molar-refractivity contribution in [3.8, 4) is 0 Å². The Labute approximate surface area is 194 Å². The molecule has 0 fully saturated rings. The number of hydrogen-bond donors (Lipinski definition) is 3. The molecular formula is C25H27N3O4S. The van der Waals surface area contributed by atoms with Gasteiger partial charge in [0, 0.05) is 16.9 Å². The summed E-state index contributed by atoms with van der Waals surface area (Å²) in [5, 5.41) is 2.72. The van der Waals surface area contributed by atoms with Crippen LogP contribution in [-0.2, 0) is 27.7 Å². The zero-order chi connectivity index (χ0) is 23.8. The second-order valence-electron chi connectivity index (χ2n) is 7.73. The fraction of sp³-hybridized carbons (Fsp3) is 0.200. The van der Waals surface area contributed by atoms with E-state index in [2.05, 4.69) is 17.0 Å². The van der Waals surface area contributed by atoms with E-state index in [0.29, 0.717) is 11.4 Å². The summed E-state index contributed by atoms with van der Waals surface area (Å²) in [5.41, 5.74) is 8.24. The van der Waals surface area contributed by atoms with E-state index < -0.39 is 21.8 Å². The number of hydrogen-bond acceptors (Lipinski definition) is 4. The highest BCUT2D eigenvalue weighted by Gasteiger charge is 2.17. The van der Waals surface area contributed by atoms with Gasteiger partial charge in [0.25, 0.3) is 15.9 Å². The van der Waals surface area contributed by atoms with Gasteiger partial charge in [-0.1, -0.05) is 43.7 Å². The Morgan fingerprint density at radius 1 is 0.879 bits per heavy atom.